The number of carbonyl (C=O) groups excluding carboxylic acids is 2. The zero-order valence-corrected chi connectivity index (χ0v) is 14.3. The molecule has 0 heterocycles. The molecule has 5 nitrogen and oxygen atoms in total. The number of hydrogen-bond donors (Lipinski definition) is 2. The van der Waals surface area contributed by atoms with Crippen molar-refractivity contribution in [2.45, 2.75) is 45.9 Å². The topological polar surface area (TPSA) is 64.6 Å². The van der Waals surface area contributed by atoms with Crippen LogP contribution in [0.1, 0.15) is 31.9 Å². The SMILES string of the molecule is Cc1ccc(COC(=O)[C@@H](CS)NC(=O)OC(C)(C)C)cc1. The number of nitrogens with one attached hydrogen (secondary N) is 1. The lowest BCUT2D eigenvalue weighted by atomic mass is 10.2. The summed E-state index contributed by atoms with van der Waals surface area (Å²) in [5.41, 5.74) is 1.39. The first-order valence-corrected chi connectivity index (χ1v) is 7.67. The van der Waals surface area contributed by atoms with Crippen molar-refractivity contribution in [3.63, 3.8) is 0 Å². The number of hydrogen-bond acceptors (Lipinski definition) is 5. The minimum atomic E-state index is -0.844. The van der Waals surface area contributed by atoms with Crippen LogP contribution >= 0.6 is 12.6 Å². The zero-order valence-electron chi connectivity index (χ0n) is 13.4. The number of aryl methyl sites for hydroxylation is 1. The van der Waals surface area contributed by atoms with Crippen LogP contribution in [0.2, 0.25) is 0 Å². The summed E-state index contributed by atoms with van der Waals surface area (Å²) in [7, 11) is 0. The summed E-state index contributed by atoms with van der Waals surface area (Å²) in [6.45, 7) is 7.38. The van der Waals surface area contributed by atoms with Crippen LogP contribution in [0.4, 0.5) is 4.79 Å². The van der Waals surface area contributed by atoms with Gasteiger partial charge in [0.2, 0.25) is 0 Å². The number of thiol groups is 1. The number of esters is 1. The van der Waals surface area contributed by atoms with Gasteiger partial charge in [-0.2, -0.15) is 12.6 Å². The zero-order chi connectivity index (χ0) is 16.8. The summed E-state index contributed by atoms with van der Waals surface area (Å²) < 4.78 is 10.3. The average Bonchev–Trinajstić information content (AvgIpc) is 2.42. The minimum absolute atomic E-state index is 0.131. The van der Waals surface area contributed by atoms with Crippen molar-refractivity contribution < 1.29 is 19.1 Å². The Morgan fingerprint density at radius 2 is 1.82 bits per heavy atom. The van der Waals surface area contributed by atoms with Crippen LogP contribution in [0.25, 0.3) is 0 Å². The molecule has 0 saturated heterocycles. The van der Waals surface area contributed by atoms with Crippen LogP contribution in [0.5, 0.6) is 0 Å². The van der Waals surface area contributed by atoms with Gasteiger partial charge in [-0.05, 0) is 33.3 Å². The highest BCUT2D eigenvalue weighted by Gasteiger charge is 2.24. The Balaban J connectivity index is 2.50. The number of carbonyl (C=O) groups is 2. The van der Waals surface area contributed by atoms with E-state index in [-0.39, 0.29) is 12.4 Å². The molecule has 6 heteroatoms. The van der Waals surface area contributed by atoms with Gasteiger partial charge < -0.3 is 14.8 Å². The second-order valence-electron chi connectivity index (χ2n) is 5.97. The molecule has 0 aliphatic rings. The third kappa shape index (κ3) is 6.85. The minimum Gasteiger partial charge on any atom is -0.459 e. The van der Waals surface area contributed by atoms with Gasteiger partial charge in [-0.25, -0.2) is 9.59 Å². The summed E-state index contributed by atoms with van der Waals surface area (Å²) >= 11 is 4.06. The number of benzene rings is 1. The Labute approximate surface area is 136 Å². The lowest BCUT2D eigenvalue weighted by Crippen LogP contribution is -2.45. The third-order valence-corrected chi connectivity index (χ3v) is 3.02. The van der Waals surface area contributed by atoms with E-state index in [1.54, 1.807) is 20.8 Å². The lowest BCUT2D eigenvalue weighted by Gasteiger charge is -2.22. The van der Waals surface area contributed by atoms with E-state index in [4.69, 9.17) is 9.47 Å². The van der Waals surface area contributed by atoms with Crippen molar-refractivity contribution in [3.05, 3.63) is 35.4 Å². The van der Waals surface area contributed by atoms with Gasteiger partial charge in [-0.1, -0.05) is 29.8 Å². The maximum atomic E-state index is 12.0. The fourth-order valence-corrected chi connectivity index (χ4v) is 1.81. The Kier molecular flexibility index (Phi) is 6.74. The van der Waals surface area contributed by atoms with E-state index >= 15 is 0 Å². The molecule has 1 N–H and O–H groups in total. The molecule has 0 saturated carbocycles. The van der Waals surface area contributed by atoms with Crippen molar-refractivity contribution in [1.29, 1.82) is 0 Å². The molecule has 0 aromatic heterocycles. The summed E-state index contributed by atoms with van der Waals surface area (Å²) in [5, 5.41) is 2.46. The first-order valence-electron chi connectivity index (χ1n) is 7.04. The van der Waals surface area contributed by atoms with Gasteiger partial charge in [0.15, 0.2) is 0 Å². The lowest BCUT2D eigenvalue weighted by molar-refractivity contribution is -0.146. The maximum absolute atomic E-state index is 12.0. The van der Waals surface area contributed by atoms with Gasteiger partial charge in [0.05, 0.1) is 0 Å². The predicted octanol–water partition coefficient (Wildman–Crippen LogP) is 2.86. The summed E-state index contributed by atoms with van der Waals surface area (Å²) in [4.78, 5) is 23.6. The van der Waals surface area contributed by atoms with Gasteiger partial charge in [0, 0.05) is 5.75 Å². The molecule has 1 rings (SSSR count). The Morgan fingerprint density at radius 3 is 2.32 bits per heavy atom. The Bertz CT molecular complexity index is 508. The first kappa shape index (κ1) is 18.4. The largest absolute Gasteiger partial charge is 0.459 e. The molecule has 1 aromatic rings. The quantitative estimate of drug-likeness (QED) is 0.645. The van der Waals surface area contributed by atoms with Gasteiger partial charge >= 0.3 is 12.1 Å². The summed E-state index contributed by atoms with van der Waals surface area (Å²) in [5.74, 6) is -0.409. The van der Waals surface area contributed by atoms with Crippen LogP contribution < -0.4 is 5.32 Å². The normalized spacial score (nSPS) is 12.4. The molecule has 0 radical (unpaired) electrons. The van der Waals surface area contributed by atoms with Gasteiger partial charge in [0.1, 0.15) is 18.2 Å². The molecule has 0 spiro atoms. The first-order chi connectivity index (χ1) is 10.2. The van der Waals surface area contributed by atoms with Crippen LogP contribution in [0.15, 0.2) is 24.3 Å². The van der Waals surface area contributed by atoms with Crippen LogP contribution in [-0.2, 0) is 20.9 Å². The van der Waals surface area contributed by atoms with Crippen molar-refractivity contribution >= 4 is 24.7 Å². The van der Waals surface area contributed by atoms with E-state index < -0.39 is 23.7 Å². The van der Waals surface area contributed by atoms with Crippen LogP contribution in [0.3, 0.4) is 0 Å². The van der Waals surface area contributed by atoms with Gasteiger partial charge in [-0.15, -0.1) is 0 Å². The molecule has 1 aromatic carbocycles. The fraction of sp³-hybridized carbons (Fsp3) is 0.500. The monoisotopic (exact) mass is 325 g/mol. The molecular formula is C16H23NO4S. The van der Waals surface area contributed by atoms with Crippen LogP contribution in [-0.4, -0.2) is 29.5 Å². The van der Waals surface area contributed by atoms with Crippen molar-refractivity contribution in [2.24, 2.45) is 0 Å². The van der Waals surface area contributed by atoms with Crippen LogP contribution in [0, 0.1) is 6.92 Å². The average molecular weight is 325 g/mol. The smallest absolute Gasteiger partial charge is 0.408 e. The molecule has 1 atom stereocenters. The molecule has 22 heavy (non-hydrogen) atoms. The molecule has 0 aliphatic heterocycles. The number of amides is 1. The van der Waals surface area contributed by atoms with E-state index in [1.807, 2.05) is 31.2 Å². The van der Waals surface area contributed by atoms with Crippen molar-refractivity contribution in [1.82, 2.24) is 5.32 Å². The molecule has 0 fully saturated rings. The van der Waals surface area contributed by atoms with E-state index in [0.717, 1.165) is 11.1 Å². The number of ether oxygens (including phenoxy) is 2. The predicted molar refractivity (Wildman–Crippen MR) is 88.0 cm³/mol. The molecular weight excluding hydrogens is 302 g/mol. The molecule has 0 unspecified atom stereocenters. The van der Waals surface area contributed by atoms with Gasteiger partial charge in [0.25, 0.3) is 0 Å². The highest BCUT2D eigenvalue weighted by Crippen LogP contribution is 2.08. The molecule has 122 valence electrons. The second kappa shape index (κ2) is 8.08. The van der Waals surface area contributed by atoms with Gasteiger partial charge in [-0.3, -0.25) is 0 Å². The maximum Gasteiger partial charge on any atom is 0.408 e. The number of alkyl carbamates (subject to hydrolysis) is 1. The summed E-state index contributed by atoms with van der Waals surface area (Å²) in [6, 6.07) is 6.82. The molecule has 0 bridgehead atoms. The summed E-state index contributed by atoms with van der Waals surface area (Å²) in [6.07, 6.45) is -0.668. The van der Waals surface area contributed by atoms with E-state index in [9.17, 15) is 9.59 Å². The second-order valence-corrected chi connectivity index (χ2v) is 6.34. The van der Waals surface area contributed by atoms with Crippen molar-refractivity contribution in [3.8, 4) is 0 Å². The number of rotatable bonds is 5. The van der Waals surface area contributed by atoms with E-state index in [1.165, 1.54) is 0 Å². The molecule has 0 aliphatic carbocycles. The third-order valence-electron chi connectivity index (χ3n) is 2.66. The standard InChI is InChI=1S/C16H23NO4S/c1-11-5-7-12(8-6-11)9-20-14(18)13(10-22)17-15(19)21-16(2,3)4/h5-8,13,22H,9-10H2,1-4H3,(H,17,19)/t13-/m1/s1. The van der Waals surface area contributed by atoms with Crippen molar-refractivity contribution in [2.75, 3.05) is 5.75 Å². The Hall–Kier alpha value is -1.69. The Morgan fingerprint density at radius 1 is 1.23 bits per heavy atom. The highest BCUT2D eigenvalue weighted by molar-refractivity contribution is 7.80. The fourth-order valence-electron chi connectivity index (χ4n) is 1.57. The highest BCUT2D eigenvalue weighted by atomic mass is 32.1. The molecule has 1 amide bonds. The van der Waals surface area contributed by atoms with E-state index in [2.05, 4.69) is 17.9 Å². The van der Waals surface area contributed by atoms with E-state index in [0.29, 0.717) is 0 Å².